The Kier molecular flexibility index (Phi) is 4.24. The highest BCUT2D eigenvalue weighted by Gasteiger charge is 2.08. The van der Waals surface area contributed by atoms with Gasteiger partial charge in [0.1, 0.15) is 12.4 Å². The lowest BCUT2D eigenvalue weighted by molar-refractivity contribution is -0.116. The molecule has 0 radical (unpaired) electrons. The molecule has 2 heterocycles. The second-order valence-corrected chi connectivity index (χ2v) is 5.54. The molecule has 0 fully saturated rings. The quantitative estimate of drug-likeness (QED) is 0.787. The molecule has 0 bridgehead atoms. The number of carbonyl (C=O) groups excluding carboxylic acids is 1. The summed E-state index contributed by atoms with van der Waals surface area (Å²) in [6.07, 6.45) is 2.96. The number of benzene rings is 1. The Morgan fingerprint density at radius 1 is 1.17 bits per heavy atom. The zero-order valence-corrected chi connectivity index (χ0v) is 13.4. The third-order valence-corrected chi connectivity index (χ3v) is 3.54. The standard InChI is InChI=1S/C17H17N5O2/c1-21(2)15-8-7-12(9-18-15)20-16(23)10-22-11-19-14-6-4-3-5-13(14)17(22)24/h3-9,11H,10H2,1-2H3,(H,20,23). The first kappa shape index (κ1) is 15.7. The zero-order chi connectivity index (χ0) is 17.1. The maximum Gasteiger partial charge on any atom is 0.261 e. The molecule has 2 aromatic heterocycles. The zero-order valence-electron chi connectivity index (χ0n) is 13.4. The summed E-state index contributed by atoms with van der Waals surface area (Å²) < 4.78 is 1.29. The number of amides is 1. The van der Waals surface area contributed by atoms with Crippen molar-refractivity contribution in [2.45, 2.75) is 6.54 Å². The van der Waals surface area contributed by atoms with Crippen molar-refractivity contribution in [2.24, 2.45) is 0 Å². The molecule has 1 aromatic carbocycles. The third kappa shape index (κ3) is 3.24. The average Bonchev–Trinajstić information content (AvgIpc) is 2.58. The molecule has 24 heavy (non-hydrogen) atoms. The number of carbonyl (C=O) groups is 1. The summed E-state index contributed by atoms with van der Waals surface area (Å²) in [5.41, 5.74) is 0.951. The number of aromatic nitrogens is 3. The smallest absolute Gasteiger partial charge is 0.261 e. The van der Waals surface area contributed by atoms with Crippen molar-refractivity contribution in [3.8, 4) is 0 Å². The molecule has 7 nitrogen and oxygen atoms in total. The Balaban J connectivity index is 1.75. The SMILES string of the molecule is CN(C)c1ccc(NC(=O)Cn2cnc3ccccc3c2=O)cn1. The molecular weight excluding hydrogens is 306 g/mol. The molecule has 0 unspecified atom stereocenters. The largest absolute Gasteiger partial charge is 0.363 e. The molecule has 0 aliphatic rings. The van der Waals surface area contributed by atoms with Crippen LogP contribution in [0.3, 0.4) is 0 Å². The van der Waals surface area contributed by atoms with Gasteiger partial charge in [-0.05, 0) is 24.3 Å². The van der Waals surface area contributed by atoms with E-state index in [4.69, 9.17) is 0 Å². The van der Waals surface area contributed by atoms with Crippen molar-refractivity contribution < 1.29 is 4.79 Å². The Bertz CT molecular complexity index is 932. The van der Waals surface area contributed by atoms with Crippen LogP contribution >= 0.6 is 0 Å². The highest BCUT2D eigenvalue weighted by Crippen LogP contribution is 2.11. The summed E-state index contributed by atoms with van der Waals surface area (Å²) in [7, 11) is 3.78. The molecule has 0 aliphatic heterocycles. The minimum Gasteiger partial charge on any atom is -0.363 e. The monoisotopic (exact) mass is 323 g/mol. The molecule has 122 valence electrons. The molecule has 0 atom stereocenters. The summed E-state index contributed by atoms with van der Waals surface area (Å²) in [6.45, 7) is -0.105. The van der Waals surface area contributed by atoms with E-state index in [-0.39, 0.29) is 18.0 Å². The normalized spacial score (nSPS) is 10.6. The second kappa shape index (κ2) is 6.49. The number of hydrogen-bond acceptors (Lipinski definition) is 5. The minimum absolute atomic E-state index is 0.105. The van der Waals surface area contributed by atoms with Crippen molar-refractivity contribution in [1.82, 2.24) is 14.5 Å². The van der Waals surface area contributed by atoms with E-state index in [2.05, 4.69) is 15.3 Å². The van der Waals surface area contributed by atoms with Crippen molar-refractivity contribution >= 4 is 28.3 Å². The molecule has 0 aliphatic carbocycles. The van der Waals surface area contributed by atoms with Crippen molar-refractivity contribution in [3.05, 3.63) is 59.3 Å². The molecule has 0 saturated carbocycles. The Hall–Kier alpha value is -3.22. The number of fused-ring (bicyclic) bond motifs is 1. The van der Waals surface area contributed by atoms with Gasteiger partial charge in [-0.15, -0.1) is 0 Å². The minimum atomic E-state index is -0.311. The van der Waals surface area contributed by atoms with Crippen LogP contribution in [0.4, 0.5) is 11.5 Å². The van der Waals surface area contributed by atoms with Crippen LogP contribution in [0.15, 0.2) is 53.7 Å². The van der Waals surface area contributed by atoms with Crippen LogP contribution in [0.2, 0.25) is 0 Å². The van der Waals surface area contributed by atoms with Gasteiger partial charge in [-0.3, -0.25) is 14.2 Å². The van der Waals surface area contributed by atoms with Crippen LogP contribution in [-0.2, 0) is 11.3 Å². The number of nitrogens with one attached hydrogen (secondary N) is 1. The Morgan fingerprint density at radius 3 is 2.67 bits per heavy atom. The van der Waals surface area contributed by atoms with E-state index in [1.54, 1.807) is 36.5 Å². The van der Waals surface area contributed by atoms with Gasteiger partial charge < -0.3 is 10.2 Å². The maximum absolute atomic E-state index is 12.4. The van der Waals surface area contributed by atoms with Gasteiger partial charge in [0.2, 0.25) is 5.91 Å². The summed E-state index contributed by atoms with van der Waals surface area (Å²) in [5.74, 6) is 0.483. The second-order valence-electron chi connectivity index (χ2n) is 5.54. The van der Waals surface area contributed by atoms with Crippen molar-refractivity contribution in [1.29, 1.82) is 0 Å². The predicted octanol–water partition coefficient (Wildman–Crippen LogP) is 1.50. The van der Waals surface area contributed by atoms with Crippen molar-refractivity contribution in [3.63, 3.8) is 0 Å². The van der Waals surface area contributed by atoms with Gasteiger partial charge in [0.05, 0.1) is 29.1 Å². The highest BCUT2D eigenvalue weighted by molar-refractivity contribution is 5.90. The lowest BCUT2D eigenvalue weighted by atomic mass is 10.2. The van der Waals surface area contributed by atoms with Gasteiger partial charge in [-0.2, -0.15) is 0 Å². The van der Waals surface area contributed by atoms with Crippen LogP contribution in [0.1, 0.15) is 0 Å². The van der Waals surface area contributed by atoms with Crippen LogP contribution in [-0.4, -0.2) is 34.5 Å². The highest BCUT2D eigenvalue weighted by atomic mass is 16.2. The molecule has 7 heteroatoms. The first-order valence-electron chi connectivity index (χ1n) is 7.42. The van der Waals surface area contributed by atoms with Crippen LogP contribution in [0.25, 0.3) is 10.9 Å². The lowest BCUT2D eigenvalue weighted by Crippen LogP contribution is -2.27. The van der Waals surface area contributed by atoms with E-state index in [0.29, 0.717) is 16.6 Å². The fraction of sp³-hybridized carbons (Fsp3) is 0.176. The van der Waals surface area contributed by atoms with Gasteiger partial charge in [0.15, 0.2) is 0 Å². The summed E-state index contributed by atoms with van der Waals surface area (Å²) in [5, 5.41) is 3.21. The van der Waals surface area contributed by atoms with Gasteiger partial charge in [0, 0.05) is 14.1 Å². The van der Waals surface area contributed by atoms with E-state index in [1.165, 1.54) is 10.9 Å². The lowest BCUT2D eigenvalue weighted by Gasteiger charge is -2.12. The third-order valence-electron chi connectivity index (χ3n) is 3.54. The number of hydrogen-bond donors (Lipinski definition) is 1. The summed E-state index contributed by atoms with van der Waals surface area (Å²) >= 11 is 0. The number of rotatable bonds is 4. The number of para-hydroxylation sites is 1. The predicted molar refractivity (Wildman–Crippen MR) is 93.2 cm³/mol. The molecule has 1 amide bonds. The average molecular weight is 323 g/mol. The van der Waals surface area contributed by atoms with Gasteiger partial charge in [-0.1, -0.05) is 12.1 Å². The first-order chi connectivity index (χ1) is 11.5. The summed E-state index contributed by atoms with van der Waals surface area (Å²) in [4.78, 5) is 34.8. The van der Waals surface area contributed by atoms with E-state index in [1.807, 2.05) is 25.1 Å². The fourth-order valence-electron chi connectivity index (χ4n) is 2.30. The molecular formula is C17H17N5O2. The van der Waals surface area contributed by atoms with E-state index in [9.17, 15) is 9.59 Å². The van der Waals surface area contributed by atoms with Gasteiger partial charge in [-0.25, -0.2) is 9.97 Å². The van der Waals surface area contributed by atoms with Crippen LogP contribution in [0, 0.1) is 0 Å². The molecule has 1 N–H and O–H groups in total. The first-order valence-corrected chi connectivity index (χ1v) is 7.42. The maximum atomic E-state index is 12.4. The number of anilines is 2. The molecule has 0 saturated heterocycles. The van der Waals surface area contributed by atoms with E-state index >= 15 is 0 Å². The topological polar surface area (TPSA) is 80.1 Å². The van der Waals surface area contributed by atoms with Gasteiger partial charge in [0.25, 0.3) is 5.56 Å². The Morgan fingerprint density at radius 2 is 1.96 bits per heavy atom. The number of nitrogens with zero attached hydrogens (tertiary/aromatic N) is 4. The van der Waals surface area contributed by atoms with E-state index in [0.717, 1.165) is 5.82 Å². The molecule has 3 aromatic rings. The number of pyridine rings is 1. The fourth-order valence-corrected chi connectivity index (χ4v) is 2.30. The molecule has 3 rings (SSSR count). The van der Waals surface area contributed by atoms with Crippen LogP contribution < -0.4 is 15.8 Å². The summed E-state index contributed by atoms with van der Waals surface area (Å²) in [6, 6.07) is 10.6. The van der Waals surface area contributed by atoms with Crippen LogP contribution in [0.5, 0.6) is 0 Å². The molecule has 0 spiro atoms. The van der Waals surface area contributed by atoms with Gasteiger partial charge >= 0.3 is 0 Å². The Labute approximate surface area is 138 Å². The van der Waals surface area contributed by atoms with E-state index < -0.39 is 0 Å². The van der Waals surface area contributed by atoms with Crippen molar-refractivity contribution in [2.75, 3.05) is 24.3 Å².